The van der Waals surface area contributed by atoms with E-state index in [-0.39, 0.29) is 12.7 Å². The van der Waals surface area contributed by atoms with Crippen LogP contribution in [0.25, 0.3) is 0 Å². The van der Waals surface area contributed by atoms with E-state index in [4.69, 9.17) is 14.0 Å². The molecule has 0 atom stereocenters. The van der Waals surface area contributed by atoms with E-state index in [1.165, 1.54) is 17.3 Å². The molecule has 2 aliphatic heterocycles. The van der Waals surface area contributed by atoms with Gasteiger partial charge in [0.2, 0.25) is 6.79 Å². The van der Waals surface area contributed by atoms with Gasteiger partial charge in [-0.25, -0.2) is 4.98 Å². The van der Waals surface area contributed by atoms with E-state index in [1.54, 1.807) is 6.20 Å². The first-order chi connectivity index (χ1) is 15.7. The Balaban J connectivity index is 1.18. The number of nitrogens with zero attached hydrogens (tertiary/aromatic N) is 4. The highest BCUT2D eigenvalue weighted by molar-refractivity contribution is 7.98. The number of piperazine rings is 1. The van der Waals surface area contributed by atoms with Crippen molar-refractivity contribution in [3.63, 3.8) is 0 Å². The maximum Gasteiger partial charge on any atom is 0.256 e. The van der Waals surface area contributed by atoms with Crippen LogP contribution in [0, 0.1) is 6.92 Å². The number of thioether (sulfide) groups is 1. The molecule has 2 aliphatic rings. The van der Waals surface area contributed by atoms with Crippen LogP contribution in [0.2, 0.25) is 0 Å². The highest BCUT2D eigenvalue weighted by atomic mass is 32.2. The number of hydrogen-bond donors (Lipinski definition) is 0. The molecule has 8 nitrogen and oxygen atoms in total. The summed E-state index contributed by atoms with van der Waals surface area (Å²) >= 11 is 1.50. The molecule has 0 saturated carbocycles. The monoisotopic (exact) mass is 452 g/mol. The molecule has 1 amide bonds. The molecule has 3 aromatic rings. The lowest BCUT2D eigenvalue weighted by molar-refractivity contribution is 0.0624. The fourth-order valence-electron chi connectivity index (χ4n) is 3.87. The molecule has 1 aromatic carbocycles. The Kier molecular flexibility index (Phi) is 6.00. The standard InChI is InChI=1S/C23H24N4O4S/c1-16-11-18(25-31-16)14-32-22-19(3-2-6-24-22)23(28)27-9-7-26(8-10-27)13-17-4-5-20-21(12-17)30-15-29-20/h2-6,11-12H,7-10,13-15H2,1H3. The van der Waals surface area contributed by atoms with Crippen molar-refractivity contribution < 1.29 is 18.8 Å². The van der Waals surface area contributed by atoms with Crippen molar-refractivity contribution >= 4 is 17.7 Å². The number of hydrogen-bond acceptors (Lipinski definition) is 8. The SMILES string of the molecule is Cc1cc(CSc2ncccc2C(=O)N2CCN(Cc3ccc4c(c3)OCO4)CC2)no1. The van der Waals surface area contributed by atoms with Gasteiger partial charge in [-0.3, -0.25) is 9.69 Å². The number of pyridine rings is 1. The predicted octanol–water partition coefficient (Wildman–Crippen LogP) is 3.36. The number of carbonyl (C=O) groups excluding carboxylic acids is 1. The molecule has 9 heteroatoms. The average Bonchev–Trinajstić information content (AvgIpc) is 3.46. The van der Waals surface area contributed by atoms with Crippen molar-refractivity contribution in [1.82, 2.24) is 19.9 Å². The van der Waals surface area contributed by atoms with Gasteiger partial charge in [-0.1, -0.05) is 23.0 Å². The van der Waals surface area contributed by atoms with E-state index >= 15 is 0 Å². The number of aryl methyl sites for hydroxylation is 1. The highest BCUT2D eigenvalue weighted by Crippen LogP contribution is 2.33. The van der Waals surface area contributed by atoms with Gasteiger partial charge in [0.15, 0.2) is 11.5 Å². The second-order valence-electron chi connectivity index (χ2n) is 7.83. The van der Waals surface area contributed by atoms with Crippen LogP contribution in [0.15, 0.2) is 52.1 Å². The van der Waals surface area contributed by atoms with Crippen LogP contribution in [0.3, 0.4) is 0 Å². The van der Waals surface area contributed by atoms with Crippen LogP contribution in [0.5, 0.6) is 11.5 Å². The third-order valence-corrected chi connectivity index (χ3v) is 6.58. The summed E-state index contributed by atoms with van der Waals surface area (Å²) in [7, 11) is 0. The summed E-state index contributed by atoms with van der Waals surface area (Å²) in [6.45, 7) is 5.98. The third-order valence-electron chi connectivity index (χ3n) is 5.54. The zero-order chi connectivity index (χ0) is 21.9. The van der Waals surface area contributed by atoms with Crippen LogP contribution in [0.4, 0.5) is 0 Å². The van der Waals surface area contributed by atoms with Crippen LogP contribution < -0.4 is 9.47 Å². The Morgan fingerprint density at radius 1 is 1.09 bits per heavy atom. The zero-order valence-electron chi connectivity index (χ0n) is 17.8. The molecule has 0 N–H and O–H groups in total. The Morgan fingerprint density at radius 2 is 1.94 bits per heavy atom. The summed E-state index contributed by atoms with van der Waals surface area (Å²) in [5.41, 5.74) is 2.67. The lowest BCUT2D eigenvalue weighted by atomic mass is 10.1. The fraction of sp³-hybridized carbons (Fsp3) is 0.348. The fourth-order valence-corrected chi connectivity index (χ4v) is 4.74. The minimum atomic E-state index is 0.0275. The zero-order valence-corrected chi connectivity index (χ0v) is 18.6. The van der Waals surface area contributed by atoms with E-state index in [9.17, 15) is 4.79 Å². The van der Waals surface area contributed by atoms with Gasteiger partial charge in [0, 0.05) is 50.7 Å². The van der Waals surface area contributed by atoms with Crippen molar-refractivity contribution in [3.8, 4) is 11.5 Å². The van der Waals surface area contributed by atoms with E-state index in [1.807, 2.05) is 42.2 Å². The Labute approximate surface area is 190 Å². The molecule has 4 heterocycles. The Hall–Kier alpha value is -3.04. The molecule has 0 unspecified atom stereocenters. The lowest BCUT2D eigenvalue weighted by Gasteiger charge is -2.35. The minimum Gasteiger partial charge on any atom is -0.454 e. The summed E-state index contributed by atoms with van der Waals surface area (Å²) in [6, 6.07) is 11.6. The van der Waals surface area contributed by atoms with Crippen molar-refractivity contribution in [1.29, 1.82) is 0 Å². The summed E-state index contributed by atoms with van der Waals surface area (Å²) in [6.07, 6.45) is 1.72. The van der Waals surface area contributed by atoms with Gasteiger partial charge in [-0.15, -0.1) is 0 Å². The Bertz CT molecular complexity index is 1110. The largest absolute Gasteiger partial charge is 0.454 e. The first kappa shape index (κ1) is 20.8. The van der Waals surface area contributed by atoms with Crippen LogP contribution >= 0.6 is 11.8 Å². The maximum absolute atomic E-state index is 13.2. The highest BCUT2D eigenvalue weighted by Gasteiger charge is 2.25. The smallest absolute Gasteiger partial charge is 0.256 e. The van der Waals surface area contributed by atoms with Gasteiger partial charge < -0.3 is 18.9 Å². The van der Waals surface area contributed by atoms with E-state index in [0.29, 0.717) is 24.4 Å². The number of ether oxygens (including phenoxy) is 2. The van der Waals surface area contributed by atoms with Gasteiger partial charge in [-0.05, 0) is 36.8 Å². The summed E-state index contributed by atoms with van der Waals surface area (Å²) in [5, 5.41) is 4.74. The predicted molar refractivity (Wildman–Crippen MR) is 119 cm³/mol. The van der Waals surface area contributed by atoms with E-state index in [2.05, 4.69) is 21.1 Å². The molecule has 1 fully saturated rings. The van der Waals surface area contributed by atoms with Crippen molar-refractivity contribution in [3.05, 3.63) is 65.2 Å². The second kappa shape index (κ2) is 9.22. The number of amides is 1. The van der Waals surface area contributed by atoms with Crippen molar-refractivity contribution in [2.24, 2.45) is 0 Å². The maximum atomic E-state index is 13.2. The lowest BCUT2D eigenvalue weighted by Crippen LogP contribution is -2.48. The van der Waals surface area contributed by atoms with Gasteiger partial charge >= 0.3 is 0 Å². The first-order valence-corrected chi connectivity index (χ1v) is 11.5. The number of benzene rings is 1. The first-order valence-electron chi connectivity index (χ1n) is 10.6. The normalized spacial score (nSPS) is 15.8. The second-order valence-corrected chi connectivity index (χ2v) is 8.79. The number of rotatable bonds is 6. The molecule has 0 aliphatic carbocycles. The Morgan fingerprint density at radius 3 is 2.75 bits per heavy atom. The minimum absolute atomic E-state index is 0.0275. The van der Waals surface area contributed by atoms with Crippen LogP contribution in [0.1, 0.15) is 27.4 Å². The van der Waals surface area contributed by atoms with Crippen molar-refractivity contribution in [2.75, 3.05) is 33.0 Å². The number of carbonyl (C=O) groups is 1. The topological polar surface area (TPSA) is 80.9 Å². The number of aromatic nitrogens is 2. The molecule has 166 valence electrons. The van der Waals surface area contributed by atoms with Gasteiger partial charge in [0.05, 0.1) is 11.3 Å². The molecule has 32 heavy (non-hydrogen) atoms. The van der Waals surface area contributed by atoms with Crippen molar-refractivity contribution in [2.45, 2.75) is 24.2 Å². The molecular formula is C23H24N4O4S. The number of fused-ring (bicyclic) bond motifs is 1. The third kappa shape index (κ3) is 4.58. The average molecular weight is 453 g/mol. The van der Waals surface area contributed by atoms with E-state index < -0.39 is 0 Å². The summed E-state index contributed by atoms with van der Waals surface area (Å²) in [4.78, 5) is 21.9. The molecule has 2 aromatic heterocycles. The summed E-state index contributed by atoms with van der Waals surface area (Å²) in [5.74, 6) is 3.01. The molecular weight excluding hydrogens is 428 g/mol. The van der Waals surface area contributed by atoms with Gasteiger partial charge in [0.1, 0.15) is 10.8 Å². The van der Waals surface area contributed by atoms with Crippen LogP contribution in [-0.4, -0.2) is 58.8 Å². The molecule has 0 spiro atoms. The molecule has 1 saturated heterocycles. The van der Waals surface area contributed by atoms with Gasteiger partial charge in [0.25, 0.3) is 5.91 Å². The van der Waals surface area contributed by atoms with Crippen LogP contribution in [-0.2, 0) is 12.3 Å². The van der Waals surface area contributed by atoms with Gasteiger partial charge in [-0.2, -0.15) is 0 Å². The molecule has 0 bridgehead atoms. The van der Waals surface area contributed by atoms with E-state index in [0.717, 1.165) is 47.6 Å². The summed E-state index contributed by atoms with van der Waals surface area (Å²) < 4.78 is 16.0. The molecule has 5 rings (SSSR count). The quantitative estimate of drug-likeness (QED) is 0.527. The molecule has 0 radical (unpaired) electrons.